The Hall–Kier alpha value is -1.50. The molecule has 1 unspecified atom stereocenters. The first kappa shape index (κ1) is 13.6. The van der Waals surface area contributed by atoms with Crippen molar-refractivity contribution in [1.82, 2.24) is 5.32 Å². The fourth-order valence-electron chi connectivity index (χ4n) is 1.94. The maximum Gasteiger partial charge on any atom is 0.328 e. The van der Waals surface area contributed by atoms with Crippen LogP contribution in [0.3, 0.4) is 0 Å². The number of ether oxygens (including phenoxy) is 1. The minimum Gasteiger partial charge on any atom is -0.464 e. The molecule has 17 heavy (non-hydrogen) atoms. The van der Waals surface area contributed by atoms with Crippen molar-refractivity contribution in [1.29, 1.82) is 5.26 Å². The van der Waals surface area contributed by atoms with E-state index in [0.29, 0.717) is 6.61 Å². The zero-order valence-corrected chi connectivity index (χ0v) is 10.7. The minimum absolute atomic E-state index is 0.141. The van der Waals surface area contributed by atoms with Crippen LogP contribution in [0.25, 0.3) is 0 Å². The monoisotopic (exact) mass is 236 g/mol. The molecule has 0 aromatic heterocycles. The van der Waals surface area contributed by atoms with Crippen LogP contribution >= 0.6 is 0 Å². The van der Waals surface area contributed by atoms with Crippen LogP contribution in [0.2, 0.25) is 0 Å². The van der Waals surface area contributed by atoms with Crippen LogP contribution in [0.1, 0.15) is 40.0 Å². The van der Waals surface area contributed by atoms with E-state index in [2.05, 4.69) is 11.4 Å². The van der Waals surface area contributed by atoms with Gasteiger partial charge in [-0.3, -0.25) is 0 Å². The van der Waals surface area contributed by atoms with E-state index in [1.165, 1.54) is 0 Å². The van der Waals surface area contributed by atoms with Gasteiger partial charge < -0.3 is 10.1 Å². The number of carbonyl (C=O) groups is 1. The molecule has 0 spiro atoms. The Bertz CT molecular complexity index is 353. The molecule has 4 nitrogen and oxygen atoms in total. The summed E-state index contributed by atoms with van der Waals surface area (Å²) >= 11 is 0. The van der Waals surface area contributed by atoms with Crippen molar-refractivity contribution in [2.75, 3.05) is 6.61 Å². The Labute approximate surface area is 103 Å². The number of esters is 1. The largest absolute Gasteiger partial charge is 0.464 e. The van der Waals surface area contributed by atoms with Crippen LogP contribution in [0, 0.1) is 17.2 Å². The maximum absolute atomic E-state index is 11.8. The van der Waals surface area contributed by atoms with Gasteiger partial charge in [0.2, 0.25) is 0 Å². The Morgan fingerprint density at radius 3 is 2.76 bits per heavy atom. The lowest BCUT2D eigenvalue weighted by Crippen LogP contribution is -2.41. The van der Waals surface area contributed by atoms with Crippen LogP contribution < -0.4 is 5.32 Å². The van der Waals surface area contributed by atoms with E-state index < -0.39 is 0 Å². The van der Waals surface area contributed by atoms with E-state index in [9.17, 15) is 4.79 Å². The smallest absolute Gasteiger partial charge is 0.328 e. The standard InChI is InChI=1S/C13H20N2O2/c1-4-17-13(16)12(9(2)3)15-11-7-5-6-10(11)8-14/h9,12,15H,4-7H2,1-3H3. The summed E-state index contributed by atoms with van der Waals surface area (Å²) in [6.45, 7) is 6.12. The Balaban J connectivity index is 2.74. The predicted molar refractivity (Wildman–Crippen MR) is 64.9 cm³/mol. The Morgan fingerprint density at radius 1 is 1.53 bits per heavy atom. The van der Waals surface area contributed by atoms with Crippen LogP contribution in [0.4, 0.5) is 0 Å². The molecule has 1 rings (SSSR count). The molecule has 0 amide bonds. The molecule has 94 valence electrons. The van der Waals surface area contributed by atoms with Crippen molar-refractivity contribution in [3.05, 3.63) is 11.3 Å². The molecule has 0 aromatic rings. The number of hydrogen-bond donors (Lipinski definition) is 1. The molecule has 4 heteroatoms. The highest BCUT2D eigenvalue weighted by Crippen LogP contribution is 2.24. The first-order chi connectivity index (χ1) is 8.10. The average Bonchev–Trinajstić information content (AvgIpc) is 2.72. The van der Waals surface area contributed by atoms with Gasteiger partial charge in [0.05, 0.1) is 12.7 Å². The number of carbonyl (C=O) groups excluding carboxylic acids is 1. The van der Waals surface area contributed by atoms with Crippen LogP contribution in [0.15, 0.2) is 11.3 Å². The fraction of sp³-hybridized carbons (Fsp3) is 0.692. The third-order valence-corrected chi connectivity index (χ3v) is 2.89. The zero-order valence-electron chi connectivity index (χ0n) is 10.7. The molecule has 0 aliphatic heterocycles. The molecule has 1 aliphatic carbocycles. The Kier molecular flexibility index (Phi) is 5.02. The van der Waals surface area contributed by atoms with E-state index in [-0.39, 0.29) is 17.9 Å². The minimum atomic E-state index is -0.355. The summed E-state index contributed by atoms with van der Waals surface area (Å²) in [4.78, 5) is 11.8. The molecular formula is C13H20N2O2. The van der Waals surface area contributed by atoms with Gasteiger partial charge in [0.15, 0.2) is 0 Å². The highest BCUT2D eigenvalue weighted by atomic mass is 16.5. The molecule has 1 N–H and O–H groups in total. The number of nitriles is 1. The van der Waals surface area contributed by atoms with Crippen LogP contribution in [-0.4, -0.2) is 18.6 Å². The van der Waals surface area contributed by atoms with Gasteiger partial charge in [-0.15, -0.1) is 0 Å². The summed E-state index contributed by atoms with van der Waals surface area (Å²) in [6, 6.07) is 1.84. The van der Waals surface area contributed by atoms with Crippen molar-refractivity contribution in [3.63, 3.8) is 0 Å². The number of nitrogens with zero attached hydrogens (tertiary/aromatic N) is 1. The number of hydrogen-bond acceptors (Lipinski definition) is 4. The molecule has 0 aromatic carbocycles. The number of rotatable bonds is 5. The maximum atomic E-state index is 11.8. The summed E-state index contributed by atoms with van der Waals surface area (Å²) in [7, 11) is 0. The molecule has 0 fully saturated rings. The fourth-order valence-corrected chi connectivity index (χ4v) is 1.94. The first-order valence-electron chi connectivity index (χ1n) is 6.15. The topological polar surface area (TPSA) is 62.1 Å². The molecule has 1 aliphatic rings. The summed E-state index contributed by atoms with van der Waals surface area (Å²) in [5, 5.41) is 12.1. The van der Waals surface area contributed by atoms with Crippen molar-refractivity contribution in [2.24, 2.45) is 5.92 Å². The van der Waals surface area contributed by atoms with E-state index in [0.717, 1.165) is 30.5 Å². The number of allylic oxidation sites excluding steroid dienone is 2. The molecule has 0 bridgehead atoms. The molecule has 0 heterocycles. The summed E-state index contributed by atoms with van der Waals surface area (Å²) in [5.41, 5.74) is 1.69. The van der Waals surface area contributed by atoms with Gasteiger partial charge in [-0.2, -0.15) is 5.26 Å². The van der Waals surface area contributed by atoms with Gasteiger partial charge >= 0.3 is 5.97 Å². The molecule has 0 radical (unpaired) electrons. The highest BCUT2D eigenvalue weighted by molar-refractivity contribution is 5.76. The van der Waals surface area contributed by atoms with Crippen LogP contribution in [0.5, 0.6) is 0 Å². The third kappa shape index (κ3) is 3.48. The molecular weight excluding hydrogens is 216 g/mol. The molecule has 0 saturated heterocycles. The third-order valence-electron chi connectivity index (χ3n) is 2.89. The van der Waals surface area contributed by atoms with E-state index >= 15 is 0 Å². The first-order valence-corrected chi connectivity index (χ1v) is 6.15. The second kappa shape index (κ2) is 6.29. The van der Waals surface area contributed by atoms with E-state index in [1.54, 1.807) is 6.92 Å². The normalized spacial score (nSPS) is 16.9. The van der Waals surface area contributed by atoms with Gasteiger partial charge in [-0.25, -0.2) is 4.79 Å². The van der Waals surface area contributed by atoms with Crippen molar-refractivity contribution in [2.45, 2.75) is 46.1 Å². The lowest BCUT2D eigenvalue weighted by molar-refractivity contribution is -0.146. The SMILES string of the molecule is CCOC(=O)C(NC1=C(C#N)CCC1)C(C)C. The zero-order chi connectivity index (χ0) is 12.8. The van der Waals surface area contributed by atoms with Gasteiger partial charge in [0, 0.05) is 11.3 Å². The van der Waals surface area contributed by atoms with Gasteiger partial charge in [0.25, 0.3) is 0 Å². The predicted octanol–water partition coefficient (Wildman–Crippen LogP) is 2.13. The lowest BCUT2D eigenvalue weighted by atomic mass is 10.0. The summed E-state index contributed by atoms with van der Waals surface area (Å²) in [6.07, 6.45) is 2.65. The van der Waals surface area contributed by atoms with Crippen molar-refractivity contribution < 1.29 is 9.53 Å². The van der Waals surface area contributed by atoms with Crippen molar-refractivity contribution in [3.8, 4) is 6.07 Å². The molecule has 0 saturated carbocycles. The van der Waals surface area contributed by atoms with Crippen molar-refractivity contribution >= 4 is 5.97 Å². The van der Waals surface area contributed by atoms with E-state index in [1.807, 2.05) is 13.8 Å². The van der Waals surface area contributed by atoms with Gasteiger partial charge in [0.1, 0.15) is 6.04 Å². The lowest BCUT2D eigenvalue weighted by Gasteiger charge is -2.22. The van der Waals surface area contributed by atoms with Crippen LogP contribution in [-0.2, 0) is 9.53 Å². The Morgan fingerprint density at radius 2 is 2.24 bits per heavy atom. The molecule has 1 atom stereocenters. The van der Waals surface area contributed by atoms with Gasteiger partial charge in [-0.1, -0.05) is 13.8 Å². The second-order valence-corrected chi connectivity index (χ2v) is 4.54. The second-order valence-electron chi connectivity index (χ2n) is 4.54. The highest BCUT2D eigenvalue weighted by Gasteiger charge is 2.26. The quantitative estimate of drug-likeness (QED) is 0.743. The summed E-state index contributed by atoms with van der Waals surface area (Å²) < 4.78 is 5.04. The van der Waals surface area contributed by atoms with Gasteiger partial charge in [-0.05, 0) is 32.1 Å². The average molecular weight is 236 g/mol. The number of nitrogens with one attached hydrogen (secondary N) is 1. The van der Waals surface area contributed by atoms with E-state index in [4.69, 9.17) is 10.00 Å². The summed E-state index contributed by atoms with van der Waals surface area (Å²) in [5.74, 6) is -0.0960.